The van der Waals surface area contributed by atoms with Crippen molar-refractivity contribution in [3.05, 3.63) is 113 Å². The Morgan fingerprint density at radius 2 is 1.72 bits per heavy atom. The van der Waals surface area contributed by atoms with E-state index in [1.807, 2.05) is 6.07 Å². The molecule has 0 spiro atoms. The number of benzene rings is 3. The number of carbonyl (C=O) groups excluding carboxylic acids is 1. The largest absolute Gasteiger partial charge is 0.481 e. The van der Waals surface area contributed by atoms with E-state index < -0.39 is 27.6 Å². The maximum absolute atomic E-state index is 13.6. The van der Waals surface area contributed by atoms with Crippen LogP contribution in [0.2, 0.25) is 0 Å². The third-order valence-corrected chi connectivity index (χ3v) is 9.03. The van der Waals surface area contributed by atoms with Gasteiger partial charge >= 0.3 is 5.97 Å². The Hall–Kier alpha value is -4.15. The number of ether oxygens (including phenoxy) is 1. The SMILES string of the molecule is O=C(O)CCN(COCc1cccc(F)c1)C1=C/C(=N\S(=O)(=O)c2cccc(C3CCCCC3)c2)c2ccccc2C1=O. The lowest BCUT2D eigenvalue weighted by molar-refractivity contribution is -0.137. The molecular formula is C33H33FN2O6S. The quantitative estimate of drug-likeness (QED) is 0.264. The number of carbonyl (C=O) groups is 2. The van der Waals surface area contributed by atoms with Crippen molar-refractivity contribution in [2.24, 2.45) is 4.40 Å². The van der Waals surface area contributed by atoms with Gasteiger partial charge in [0.25, 0.3) is 10.0 Å². The average molecular weight is 605 g/mol. The molecule has 8 nitrogen and oxygen atoms in total. The van der Waals surface area contributed by atoms with Crippen molar-refractivity contribution in [1.29, 1.82) is 0 Å². The summed E-state index contributed by atoms with van der Waals surface area (Å²) in [5.41, 5.74) is 2.28. The maximum atomic E-state index is 13.6. The Morgan fingerprint density at radius 3 is 2.47 bits per heavy atom. The molecule has 10 heteroatoms. The highest BCUT2D eigenvalue weighted by molar-refractivity contribution is 7.90. The van der Waals surface area contributed by atoms with Gasteiger partial charge in [0, 0.05) is 17.7 Å². The first kappa shape index (κ1) is 30.3. The van der Waals surface area contributed by atoms with E-state index in [1.54, 1.807) is 48.5 Å². The number of hydrogen-bond donors (Lipinski definition) is 1. The van der Waals surface area contributed by atoms with E-state index in [9.17, 15) is 27.5 Å². The van der Waals surface area contributed by atoms with Crippen LogP contribution in [0.3, 0.4) is 0 Å². The van der Waals surface area contributed by atoms with Crippen molar-refractivity contribution in [3.63, 3.8) is 0 Å². The van der Waals surface area contributed by atoms with Crippen LogP contribution in [0.4, 0.5) is 4.39 Å². The van der Waals surface area contributed by atoms with Gasteiger partial charge in [-0.2, -0.15) is 12.8 Å². The van der Waals surface area contributed by atoms with E-state index in [1.165, 1.54) is 35.6 Å². The van der Waals surface area contributed by atoms with Gasteiger partial charge in [-0.25, -0.2) is 4.39 Å². The van der Waals surface area contributed by atoms with Crippen molar-refractivity contribution in [2.45, 2.75) is 55.9 Å². The molecule has 3 aromatic rings. The number of allylic oxidation sites excluding steroid dienone is 2. The van der Waals surface area contributed by atoms with Crippen LogP contribution in [0.5, 0.6) is 0 Å². The molecule has 0 amide bonds. The van der Waals surface area contributed by atoms with E-state index in [-0.39, 0.29) is 48.2 Å². The van der Waals surface area contributed by atoms with E-state index >= 15 is 0 Å². The summed E-state index contributed by atoms with van der Waals surface area (Å²) in [6, 6.07) is 19.4. The van der Waals surface area contributed by atoms with Crippen LogP contribution in [0, 0.1) is 5.82 Å². The predicted octanol–water partition coefficient (Wildman–Crippen LogP) is 6.08. The number of rotatable bonds is 11. The van der Waals surface area contributed by atoms with Crippen molar-refractivity contribution in [2.75, 3.05) is 13.3 Å². The van der Waals surface area contributed by atoms with Gasteiger partial charge < -0.3 is 14.7 Å². The Bertz CT molecular complexity index is 1680. The molecule has 0 bridgehead atoms. The second-order valence-electron chi connectivity index (χ2n) is 10.8. The first-order valence-corrected chi connectivity index (χ1v) is 15.7. The molecule has 1 fully saturated rings. The van der Waals surface area contributed by atoms with E-state index in [2.05, 4.69) is 4.40 Å². The van der Waals surface area contributed by atoms with Crippen molar-refractivity contribution in [1.82, 2.24) is 4.90 Å². The number of halogens is 1. The first-order chi connectivity index (χ1) is 20.7. The van der Waals surface area contributed by atoms with Crippen molar-refractivity contribution >= 4 is 27.5 Å². The molecule has 0 heterocycles. The molecule has 0 aliphatic heterocycles. The van der Waals surface area contributed by atoms with E-state index in [0.717, 1.165) is 31.2 Å². The van der Waals surface area contributed by atoms with Crippen LogP contribution in [0.25, 0.3) is 0 Å². The molecule has 0 aromatic heterocycles. The zero-order valence-corrected chi connectivity index (χ0v) is 24.4. The predicted molar refractivity (Wildman–Crippen MR) is 160 cm³/mol. The Labute approximate surface area is 250 Å². The van der Waals surface area contributed by atoms with Gasteiger partial charge in [0.05, 0.1) is 29.3 Å². The second kappa shape index (κ2) is 13.4. The highest BCUT2D eigenvalue weighted by Gasteiger charge is 2.30. The minimum absolute atomic E-state index is 0.0199. The van der Waals surface area contributed by atoms with Gasteiger partial charge in [-0.15, -0.1) is 0 Å². The molecule has 224 valence electrons. The smallest absolute Gasteiger partial charge is 0.305 e. The lowest BCUT2D eigenvalue weighted by Crippen LogP contribution is -2.35. The number of aliphatic carboxylic acids is 1. The molecule has 0 unspecified atom stereocenters. The molecule has 2 aliphatic carbocycles. The van der Waals surface area contributed by atoms with Crippen LogP contribution in [-0.4, -0.2) is 49.2 Å². The molecule has 3 aromatic carbocycles. The summed E-state index contributed by atoms with van der Waals surface area (Å²) >= 11 is 0. The Balaban J connectivity index is 1.48. The summed E-state index contributed by atoms with van der Waals surface area (Å²) in [6.45, 7) is -0.249. The van der Waals surface area contributed by atoms with Gasteiger partial charge in [-0.3, -0.25) is 9.59 Å². The standard InChI is InChI=1S/C33H33FN2O6S/c34-26-12-6-8-23(18-26)21-42-22-36(17-16-32(37)38)31-20-30(28-14-4-5-15-29(28)33(31)39)35-43(40,41)27-13-7-11-25(19-27)24-9-2-1-3-10-24/h4-8,11-15,18-20,24H,1-3,9-10,16-17,21-22H2,(H,37,38)/b35-30+. The fraction of sp³-hybridized carbons (Fsp3) is 0.303. The summed E-state index contributed by atoms with van der Waals surface area (Å²) in [6.07, 6.45) is 6.54. The summed E-state index contributed by atoms with van der Waals surface area (Å²) in [5, 5.41) is 9.35. The number of carboxylic acids is 1. The van der Waals surface area contributed by atoms with Crippen LogP contribution in [0.15, 0.2) is 93.9 Å². The Kier molecular flexibility index (Phi) is 9.47. The average Bonchev–Trinajstić information content (AvgIpc) is 3.01. The third-order valence-electron chi connectivity index (χ3n) is 7.75. The van der Waals surface area contributed by atoms with Gasteiger partial charge in [-0.05, 0) is 60.2 Å². The minimum Gasteiger partial charge on any atom is -0.481 e. The number of nitrogens with zero attached hydrogens (tertiary/aromatic N) is 2. The summed E-state index contributed by atoms with van der Waals surface area (Å²) in [5.74, 6) is -1.59. The van der Waals surface area contributed by atoms with Gasteiger partial charge in [0.2, 0.25) is 5.78 Å². The number of sulfonamides is 1. The fourth-order valence-electron chi connectivity index (χ4n) is 5.56. The molecule has 0 radical (unpaired) electrons. The maximum Gasteiger partial charge on any atom is 0.305 e. The summed E-state index contributed by atoms with van der Waals surface area (Å²) < 4.78 is 50.8. The van der Waals surface area contributed by atoms with Crippen LogP contribution in [0.1, 0.15) is 71.5 Å². The zero-order valence-electron chi connectivity index (χ0n) is 23.6. The molecule has 1 N–H and O–H groups in total. The highest BCUT2D eigenvalue weighted by atomic mass is 32.2. The molecule has 0 saturated heterocycles. The van der Waals surface area contributed by atoms with Crippen molar-refractivity contribution in [3.8, 4) is 0 Å². The van der Waals surface area contributed by atoms with Crippen LogP contribution in [-0.2, 0) is 26.2 Å². The highest BCUT2D eigenvalue weighted by Crippen LogP contribution is 2.34. The normalized spacial score (nSPS) is 16.5. The molecular weight excluding hydrogens is 571 g/mol. The monoisotopic (exact) mass is 604 g/mol. The van der Waals surface area contributed by atoms with Gasteiger partial charge in [-0.1, -0.05) is 67.8 Å². The number of fused-ring (bicyclic) bond motifs is 1. The lowest BCUT2D eigenvalue weighted by atomic mass is 9.84. The molecule has 5 rings (SSSR count). The number of carboxylic acid groups (broad SMARTS) is 1. The molecule has 2 aliphatic rings. The Morgan fingerprint density at radius 1 is 0.977 bits per heavy atom. The first-order valence-electron chi connectivity index (χ1n) is 14.3. The van der Waals surface area contributed by atoms with Crippen LogP contribution >= 0.6 is 0 Å². The molecule has 1 saturated carbocycles. The number of hydrogen-bond acceptors (Lipinski definition) is 6. The van der Waals surface area contributed by atoms with Crippen LogP contribution < -0.4 is 0 Å². The van der Waals surface area contributed by atoms with E-state index in [0.29, 0.717) is 17.0 Å². The van der Waals surface area contributed by atoms with Gasteiger partial charge in [0.1, 0.15) is 12.5 Å². The fourth-order valence-corrected chi connectivity index (χ4v) is 6.61. The summed E-state index contributed by atoms with van der Waals surface area (Å²) in [7, 11) is -4.16. The van der Waals surface area contributed by atoms with Gasteiger partial charge in [0.15, 0.2) is 0 Å². The van der Waals surface area contributed by atoms with E-state index in [4.69, 9.17) is 4.74 Å². The minimum atomic E-state index is -4.16. The number of ketones is 1. The third kappa shape index (κ3) is 7.44. The zero-order chi connectivity index (χ0) is 30.4. The number of Topliss-reactive ketones (excluding diaryl/α,β-unsaturated/α-hetero) is 1. The molecule has 43 heavy (non-hydrogen) atoms. The topological polar surface area (TPSA) is 113 Å². The molecule has 0 atom stereocenters. The summed E-state index contributed by atoms with van der Waals surface area (Å²) in [4.78, 5) is 26.6. The lowest BCUT2D eigenvalue weighted by Gasteiger charge is -2.29. The second-order valence-corrected chi connectivity index (χ2v) is 12.4. The van der Waals surface area contributed by atoms with Crippen molar-refractivity contribution < 1.29 is 32.2 Å².